The minimum absolute atomic E-state index is 0.0292. The largest absolute Gasteiger partial charge is 0.458 e. The Kier molecular flexibility index (Phi) is 6.63. The van der Waals surface area contributed by atoms with E-state index in [1.807, 2.05) is 6.92 Å². The van der Waals surface area contributed by atoms with Gasteiger partial charge in [0.15, 0.2) is 18.0 Å². The first-order valence-corrected chi connectivity index (χ1v) is 13.2. The fourth-order valence-electron chi connectivity index (χ4n) is 7.39. The summed E-state index contributed by atoms with van der Waals surface area (Å²) in [4.78, 5) is 48.2. The molecule has 0 radical (unpaired) electrons. The van der Waals surface area contributed by atoms with Crippen molar-refractivity contribution in [1.82, 2.24) is 0 Å². The highest BCUT2D eigenvalue weighted by molar-refractivity contribution is 9.12. The Labute approximate surface area is 222 Å². The van der Waals surface area contributed by atoms with E-state index in [4.69, 9.17) is 32.7 Å². The first-order chi connectivity index (χ1) is 16.1. The molecule has 4 aliphatic rings. The molecule has 0 aromatic rings. The van der Waals surface area contributed by atoms with E-state index < -0.39 is 63.1 Å². The Bertz CT molecular complexity index is 1080. The van der Waals surface area contributed by atoms with Crippen molar-refractivity contribution in [3.63, 3.8) is 0 Å². The average Bonchev–Trinajstić information content (AvgIpc) is 3.03. The van der Waals surface area contributed by atoms with Gasteiger partial charge in [0.1, 0.15) is 6.17 Å². The number of carbonyl (C=O) groups excluding carboxylic acids is 4. The number of halogens is 4. The molecular weight excluding hydrogens is 566 g/mol. The SMILES string of the molecule is CC(=O)OCC(=O)C1(OC(C)=O)CC[C@H]2[C@@H]3C[C@@H](F)C4=CC(=O)C(Br)=C[C@]4(C)C3(Cl)[C@@H](Cl)C[C@@]21C. The molecule has 3 fully saturated rings. The maximum Gasteiger partial charge on any atom is 0.303 e. The average molecular weight is 594 g/mol. The molecule has 3 saturated carbocycles. The second-order valence-corrected chi connectivity index (χ2v) is 12.6. The third-order valence-corrected chi connectivity index (χ3v) is 11.1. The minimum atomic E-state index is -1.58. The quantitative estimate of drug-likeness (QED) is 0.338. The van der Waals surface area contributed by atoms with Crippen LogP contribution in [0.5, 0.6) is 0 Å². The molecule has 6 nitrogen and oxygen atoms in total. The first-order valence-electron chi connectivity index (χ1n) is 11.6. The van der Waals surface area contributed by atoms with Crippen molar-refractivity contribution >= 4 is 62.6 Å². The van der Waals surface area contributed by atoms with Gasteiger partial charge >= 0.3 is 11.9 Å². The van der Waals surface area contributed by atoms with Crippen LogP contribution in [0, 0.1) is 22.7 Å². The summed E-state index contributed by atoms with van der Waals surface area (Å²) in [7, 11) is 0. The van der Waals surface area contributed by atoms with E-state index in [0.717, 1.165) is 0 Å². The lowest BCUT2D eigenvalue weighted by Gasteiger charge is -2.64. The molecule has 4 rings (SSSR count). The zero-order valence-electron chi connectivity index (χ0n) is 20.0. The van der Waals surface area contributed by atoms with E-state index in [1.54, 1.807) is 13.0 Å². The zero-order chi connectivity index (χ0) is 26.1. The van der Waals surface area contributed by atoms with Crippen LogP contribution in [0.3, 0.4) is 0 Å². The van der Waals surface area contributed by atoms with Crippen LogP contribution in [0.15, 0.2) is 22.2 Å². The van der Waals surface area contributed by atoms with Gasteiger partial charge in [-0.15, -0.1) is 23.2 Å². The molecule has 0 bridgehead atoms. The molecule has 10 heteroatoms. The third-order valence-electron chi connectivity index (χ3n) is 8.94. The van der Waals surface area contributed by atoms with E-state index in [0.29, 0.717) is 16.5 Å². The van der Waals surface area contributed by atoms with Crippen LogP contribution in [0.1, 0.15) is 53.4 Å². The molecule has 35 heavy (non-hydrogen) atoms. The molecule has 0 N–H and O–H groups in total. The lowest BCUT2D eigenvalue weighted by molar-refractivity contribution is -0.189. The predicted molar refractivity (Wildman–Crippen MR) is 131 cm³/mol. The summed E-state index contributed by atoms with van der Waals surface area (Å²) in [5.74, 6) is -2.90. The fraction of sp³-hybridized carbons (Fsp3) is 0.680. The van der Waals surface area contributed by atoms with Crippen LogP contribution in [0.25, 0.3) is 0 Å². The van der Waals surface area contributed by atoms with Crippen LogP contribution in [-0.4, -0.2) is 52.1 Å². The number of esters is 2. The summed E-state index contributed by atoms with van der Waals surface area (Å²) < 4.78 is 26.7. The standard InChI is InChI=1S/C25H28BrCl2FO6/c1-12(30)34-11-21(33)24(35-13(2)31)6-5-14-15-7-18(29)16-8-19(32)17(26)9-23(16,4)25(15,28)20(27)10-22(14,24)3/h8-9,14-15,18,20H,5-7,10-11H2,1-4H3/t14-,15-,18+,20-,22-,23-,24?,25?/m0/s1. The van der Waals surface area contributed by atoms with Gasteiger partial charge in [-0.25, -0.2) is 4.39 Å². The van der Waals surface area contributed by atoms with Crippen molar-refractivity contribution in [2.24, 2.45) is 22.7 Å². The Morgan fingerprint density at radius 1 is 1.20 bits per heavy atom. The Morgan fingerprint density at radius 3 is 2.46 bits per heavy atom. The van der Waals surface area contributed by atoms with Gasteiger partial charge in [-0.05, 0) is 65.1 Å². The van der Waals surface area contributed by atoms with Crippen LogP contribution in [0.4, 0.5) is 4.39 Å². The van der Waals surface area contributed by atoms with Gasteiger partial charge in [-0.3, -0.25) is 19.2 Å². The Balaban J connectivity index is 1.82. The summed E-state index contributed by atoms with van der Waals surface area (Å²) in [6, 6.07) is 0. The van der Waals surface area contributed by atoms with Crippen LogP contribution >= 0.6 is 39.1 Å². The van der Waals surface area contributed by atoms with Gasteiger partial charge < -0.3 is 9.47 Å². The Morgan fingerprint density at radius 2 is 1.86 bits per heavy atom. The molecule has 0 amide bonds. The van der Waals surface area contributed by atoms with Crippen LogP contribution < -0.4 is 0 Å². The maximum absolute atomic E-state index is 15.7. The first kappa shape index (κ1) is 26.8. The Hall–Kier alpha value is -1.25. The monoisotopic (exact) mass is 592 g/mol. The summed E-state index contributed by atoms with van der Waals surface area (Å²) in [6.45, 7) is 5.52. The van der Waals surface area contributed by atoms with Crippen molar-refractivity contribution in [2.45, 2.75) is 75.4 Å². The zero-order valence-corrected chi connectivity index (χ0v) is 23.1. The highest BCUT2D eigenvalue weighted by Crippen LogP contribution is 2.72. The number of rotatable bonds is 4. The number of Topliss-reactive ketones (excluding diaryl/α,β-unsaturated/α-hetero) is 1. The van der Waals surface area contributed by atoms with Gasteiger partial charge in [0.05, 0.1) is 14.7 Å². The third kappa shape index (κ3) is 3.60. The topological polar surface area (TPSA) is 86.7 Å². The van der Waals surface area contributed by atoms with Crippen molar-refractivity contribution in [3.8, 4) is 0 Å². The number of ketones is 2. The highest BCUT2D eigenvalue weighted by atomic mass is 79.9. The van der Waals surface area contributed by atoms with E-state index >= 15 is 4.39 Å². The van der Waals surface area contributed by atoms with Crippen LogP contribution in [-0.2, 0) is 28.7 Å². The minimum Gasteiger partial charge on any atom is -0.458 e. The van der Waals surface area contributed by atoms with Crippen molar-refractivity contribution in [3.05, 3.63) is 22.2 Å². The number of allylic oxidation sites excluding steroid dienone is 4. The van der Waals surface area contributed by atoms with Crippen molar-refractivity contribution in [1.29, 1.82) is 0 Å². The molecule has 8 atom stereocenters. The molecule has 192 valence electrons. The number of alkyl halides is 3. The predicted octanol–water partition coefficient (Wildman–Crippen LogP) is 4.98. The van der Waals surface area contributed by atoms with E-state index in [2.05, 4.69) is 15.9 Å². The molecule has 0 aromatic heterocycles. The van der Waals surface area contributed by atoms with E-state index in [-0.39, 0.29) is 31.0 Å². The molecule has 0 aliphatic heterocycles. The summed E-state index contributed by atoms with van der Waals surface area (Å²) in [5, 5.41) is -0.754. The molecule has 4 aliphatic carbocycles. The molecule has 0 heterocycles. The number of fused-ring (bicyclic) bond motifs is 5. The van der Waals surface area contributed by atoms with Crippen molar-refractivity contribution in [2.75, 3.05) is 6.61 Å². The van der Waals surface area contributed by atoms with Gasteiger partial charge in [-0.2, -0.15) is 0 Å². The number of hydrogen-bond donors (Lipinski definition) is 0. The number of carbonyl (C=O) groups is 4. The van der Waals surface area contributed by atoms with E-state index in [9.17, 15) is 19.2 Å². The number of ether oxygens (including phenoxy) is 2. The van der Waals surface area contributed by atoms with Crippen molar-refractivity contribution < 1.29 is 33.0 Å². The van der Waals surface area contributed by atoms with Gasteiger partial charge in [0.2, 0.25) is 5.78 Å². The van der Waals surface area contributed by atoms with Crippen LogP contribution in [0.2, 0.25) is 0 Å². The van der Waals surface area contributed by atoms with E-state index in [1.165, 1.54) is 19.9 Å². The molecular formula is C25H28BrCl2FO6. The molecule has 0 saturated heterocycles. The van der Waals surface area contributed by atoms with Gasteiger partial charge in [-0.1, -0.05) is 19.9 Å². The smallest absolute Gasteiger partial charge is 0.303 e. The normalized spacial score (nSPS) is 44.3. The molecule has 2 unspecified atom stereocenters. The fourth-order valence-corrected chi connectivity index (χ4v) is 9.16. The highest BCUT2D eigenvalue weighted by Gasteiger charge is 2.75. The lowest BCUT2D eigenvalue weighted by atomic mass is 9.46. The van der Waals surface area contributed by atoms with Gasteiger partial charge in [0, 0.05) is 24.7 Å². The lowest BCUT2D eigenvalue weighted by Crippen LogP contribution is -2.69. The maximum atomic E-state index is 15.7. The molecule has 0 spiro atoms. The molecule has 0 aromatic carbocycles. The summed E-state index contributed by atoms with van der Waals surface area (Å²) >= 11 is 17.8. The summed E-state index contributed by atoms with van der Waals surface area (Å²) in [6.07, 6.45) is 2.42. The summed E-state index contributed by atoms with van der Waals surface area (Å²) in [5.41, 5.74) is -3.28. The number of hydrogen-bond acceptors (Lipinski definition) is 6. The second kappa shape index (κ2) is 8.66. The van der Waals surface area contributed by atoms with Gasteiger partial charge in [0.25, 0.3) is 0 Å². The second-order valence-electron chi connectivity index (χ2n) is 10.6.